The molecule has 0 N–H and O–H groups in total. The molecule has 7 heteroatoms. The minimum absolute atomic E-state index is 0.707. The summed E-state index contributed by atoms with van der Waals surface area (Å²) in [6, 6.07) is 11.7. The highest BCUT2D eigenvalue weighted by Crippen LogP contribution is 2.31. The van der Waals surface area contributed by atoms with E-state index in [1.807, 2.05) is 36.4 Å². The van der Waals surface area contributed by atoms with Crippen LogP contribution in [0, 0.1) is 0 Å². The van der Waals surface area contributed by atoms with Gasteiger partial charge in [-0.3, -0.25) is 4.98 Å². The highest BCUT2D eigenvalue weighted by atomic mass is 79.9. The molecular formula is C12H8BrN5S. The zero-order valence-corrected chi connectivity index (χ0v) is 12.0. The standard InChI is InChI=1S/C12H8BrN5S/c13-10-8-14-7-6-11(10)19-12-15-16-17-18(12)9-4-2-1-3-5-9/h1-8H. The van der Waals surface area contributed by atoms with Gasteiger partial charge in [0.25, 0.3) is 0 Å². The van der Waals surface area contributed by atoms with Gasteiger partial charge in [0.2, 0.25) is 5.16 Å². The van der Waals surface area contributed by atoms with E-state index in [9.17, 15) is 0 Å². The predicted molar refractivity (Wildman–Crippen MR) is 75.2 cm³/mol. The van der Waals surface area contributed by atoms with Crippen molar-refractivity contribution in [1.82, 2.24) is 25.2 Å². The smallest absolute Gasteiger partial charge is 0.218 e. The van der Waals surface area contributed by atoms with Crippen LogP contribution in [0.15, 0.2) is 63.3 Å². The van der Waals surface area contributed by atoms with E-state index in [0.29, 0.717) is 5.16 Å². The van der Waals surface area contributed by atoms with Crippen LogP contribution >= 0.6 is 27.7 Å². The first-order valence-electron chi connectivity index (χ1n) is 5.46. The van der Waals surface area contributed by atoms with Crippen LogP contribution in [0.4, 0.5) is 0 Å². The molecule has 0 saturated carbocycles. The number of benzene rings is 1. The van der Waals surface area contributed by atoms with Crippen molar-refractivity contribution in [3.63, 3.8) is 0 Å². The lowest BCUT2D eigenvalue weighted by molar-refractivity contribution is 0.756. The Morgan fingerprint density at radius 2 is 1.95 bits per heavy atom. The molecule has 0 atom stereocenters. The number of hydrogen-bond acceptors (Lipinski definition) is 5. The number of tetrazole rings is 1. The SMILES string of the molecule is Brc1cnccc1Sc1nnnn1-c1ccccc1. The quantitative estimate of drug-likeness (QED) is 0.737. The summed E-state index contributed by atoms with van der Waals surface area (Å²) < 4.78 is 2.62. The van der Waals surface area contributed by atoms with Crippen molar-refractivity contribution >= 4 is 27.7 Å². The third kappa shape index (κ3) is 2.66. The van der Waals surface area contributed by atoms with Gasteiger partial charge in [0.15, 0.2) is 0 Å². The zero-order chi connectivity index (χ0) is 13.1. The van der Waals surface area contributed by atoms with Crippen LogP contribution in [0.25, 0.3) is 5.69 Å². The minimum Gasteiger partial charge on any atom is -0.263 e. The number of nitrogens with zero attached hydrogens (tertiary/aromatic N) is 5. The molecule has 0 spiro atoms. The maximum Gasteiger partial charge on any atom is 0.218 e. The number of halogens is 1. The van der Waals surface area contributed by atoms with Gasteiger partial charge in [-0.05, 0) is 56.3 Å². The van der Waals surface area contributed by atoms with Crippen LogP contribution in [0.5, 0.6) is 0 Å². The van der Waals surface area contributed by atoms with Gasteiger partial charge in [0.1, 0.15) is 0 Å². The first-order chi connectivity index (χ1) is 9.34. The van der Waals surface area contributed by atoms with E-state index in [2.05, 4.69) is 36.4 Å². The fraction of sp³-hybridized carbons (Fsp3) is 0. The Hall–Kier alpha value is -1.73. The number of aromatic nitrogens is 5. The average molecular weight is 334 g/mol. The van der Waals surface area contributed by atoms with Crippen LogP contribution in [-0.2, 0) is 0 Å². The second kappa shape index (κ2) is 5.50. The van der Waals surface area contributed by atoms with Gasteiger partial charge in [-0.1, -0.05) is 18.2 Å². The van der Waals surface area contributed by atoms with Crippen molar-refractivity contribution < 1.29 is 0 Å². The molecule has 19 heavy (non-hydrogen) atoms. The van der Waals surface area contributed by atoms with E-state index in [1.54, 1.807) is 17.1 Å². The number of para-hydroxylation sites is 1. The molecule has 3 aromatic rings. The van der Waals surface area contributed by atoms with Gasteiger partial charge in [-0.15, -0.1) is 5.10 Å². The lowest BCUT2D eigenvalue weighted by atomic mass is 10.3. The molecule has 0 aliphatic carbocycles. The van der Waals surface area contributed by atoms with E-state index >= 15 is 0 Å². The molecule has 0 saturated heterocycles. The van der Waals surface area contributed by atoms with Crippen molar-refractivity contribution in [1.29, 1.82) is 0 Å². The van der Waals surface area contributed by atoms with Crippen LogP contribution in [0.3, 0.4) is 0 Å². The molecule has 0 unspecified atom stereocenters. The van der Waals surface area contributed by atoms with Gasteiger partial charge in [-0.25, -0.2) is 0 Å². The van der Waals surface area contributed by atoms with Crippen LogP contribution < -0.4 is 0 Å². The zero-order valence-electron chi connectivity index (χ0n) is 9.64. The molecule has 0 radical (unpaired) electrons. The first-order valence-corrected chi connectivity index (χ1v) is 7.07. The van der Waals surface area contributed by atoms with Crippen LogP contribution in [0.1, 0.15) is 0 Å². The van der Waals surface area contributed by atoms with E-state index in [1.165, 1.54) is 11.8 Å². The number of pyridine rings is 1. The van der Waals surface area contributed by atoms with Gasteiger partial charge < -0.3 is 0 Å². The molecule has 1 aromatic carbocycles. The lowest BCUT2D eigenvalue weighted by Crippen LogP contribution is -1.98. The molecule has 94 valence electrons. The first kappa shape index (κ1) is 12.3. The lowest BCUT2D eigenvalue weighted by Gasteiger charge is -2.04. The Labute approximate surface area is 122 Å². The summed E-state index contributed by atoms with van der Waals surface area (Å²) >= 11 is 4.94. The van der Waals surface area contributed by atoms with Crippen molar-refractivity contribution in [2.75, 3.05) is 0 Å². The van der Waals surface area contributed by atoms with Gasteiger partial charge in [0, 0.05) is 21.8 Å². The molecule has 3 rings (SSSR count). The van der Waals surface area contributed by atoms with E-state index < -0.39 is 0 Å². The molecule has 2 aromatic heterocycles. The van der Waals surface area contributed by atoms with Gasteiger partial charge in [0.05, 0.1) is 5.69 Å². The fourth-order valence-electron chi connectivity index (χ4n) is 1.52. The molecule has 0 bridgehead atoms. The summed E-state index contributed by atoms with van der Waals surface area (Å²) in [5.74, 6) is 0. The third-order valence-corrected chi connectivity index (χ3v) is 4.29. The normalized spacial score (nSPS) is 10.6. The predicted octanol–water partition coefficient (Wildman–Crippen LogP) is 2.97. The van der Waals surface area contributed by atoms with E-state index in [-0.39, 0.29) is 0 Å². The largest absolute Gasteiger partial charge is 0.263 e. The molecule has 2 heterocycles. The second-order valence-electron chi connectivity index (χ2n) is 3.62. The Bertz CT molecular complexity index is 685. The van der Waals surface area contributed by atoms with Crippen molar-refractivity contribution in [2.24, 2.45) is 0 Å². The van der Waals surface area contributed by atoms with Crippen LogP contribution in [0.2, 0.25) is 0 Å². The molecular weight excluding hydrogens is 326 g/mol. The highest BCUT2D eigenvalue weighted by molar-refractivity contribution is 9.10. The van der Waals surface area contributed by atoms with Crippen LogP contribution in [-0.4, -0.2) is 25.2 Å². The Morgan fingerprint density at radius 1 is 1.11 bits per heavy atom. The minimum atomic E-state index is 0.707. The van der Waals surface area contributed by atoms with E-state index in [0.717, 1.165) is 15.1 Å². The maximum atomic E-state index is 4.05. The third-order valence-electron chi connectivity index (χ3n) is 2.38. The molecule has 0 fully saturated rings. The molecule has 0 aliphatic heterocycles. The van der Waals surface area contributed by atoms with Gasteiger partial charge >= 0.3 is 0 Å². The Balaban J connectivity index is 1.96. The monoisotopic (exact) mass is 333 g/mol. The summed E-state index contributed by atoms with van der Waals surface area (Å²) in [4.78, 5) is 5.05. The second-order valence-corrected chi connectivity index (χ2v) is 5.48. The summed E-state index contributed by atoms with van der Waals surface area (Å²) in [5, 5.41) is 12.5. The molecule has 0 aliphatic rings. The molecule has 5 nitrogen and oxygen atoms in total. The number of rotatable bonds is 3. The van der Waals surface area contributed by atoms with Crippen molar-refractivity contribution in [3.8, 4) is 5.69 Å². The summed E-state index contributed by atoms with van der Waals surface area (Å²) in [6.45, 7) is 0. The summed E-state index contributed by atoms with van der Waals surface area (Å²) in [6.07, 6.45) is 3.49. The van der Waals surface area contributed by atoms with Crippen molar-refractivity contribution in [2.45, 2.75) is 10.1 Å². The average Bonchev–Trinajstić information content (AvgIpc) is 2.91. The molecule has 0 amide bonds. The van der Waals surface area contributed by atoms with Crippen molar-refractivity contribution in [3.05, 3.63) is 53.3 Å². The summed E-state index contributed by atoms with van der Waals surface area (Å²) in [5.41, 5.74) is 0.931. The van der Waals surface area contributed by atoms with E-state index in [4.69, 9.17) is 0 Å². The fourth-order valence-corrected chi connectivity index (χ4v) is 2.79. The summed E-state index contributed by atoms with van der Waals surface area (Å²) in [7, 11) is 0. The highest BCUT2D eigenvalue weighted by Gasteiger charge is 2.11. The Kier molecular flexibility index (Phi) is 3.56. The topological polar surface area (TPSA) is 56.5 Å². The Morgan fingerprint density at radius 3 is 2.74 bits per heavy atom. The van der Waals surface area contributed by atoms with Gasteiger partial charge in [-0.2, -0.15) is 4.68 Å². The maximum absolute atomic E-state index is 4.05. The number of hydrogen-bond donors (Lipinski definition) is 0.